The lowest BCUT2D eigenvalue weighted by molar-refractivity contribution is 0.622. The Hall–Kier alpha value is -1.95. The molecule has 0 aromatic carbocycles. The summed E-state index contributed by atoms with van der Waals surface area (Å²) < 4.78 is 3.41. The Bertz CT molecular complexity index is 629. The van der Waals surface area contributed by atoms with Crippen molar-refractivity contribution in [2.75, 3.05) is 0 Å². The van der Waals surface area contributed by atoms with Gasteiger partial charge in [0.05, 0.1) is 5.56 Å². The maximum Gasteiger partial charge on any atom is 0.260 e. The van der Waals surface area contributed by atoms with Gasteiger partial charge in [0, 0.05) is 38.1 Å². The van der Waals surface area contributed by atoms with Crippen LogP contribution in [0, 0.1) is 0 Å². The molecular weight excluding hydrogens is 248 g/mol. The van der Waals surface area contributed by atoms with Crippen LogP contribution in [-0.4, -0.2) is 19.3 Å². The molecule has 0 bridgehead atoms. The predicted octanol–water partition coefficient (Wildman–Crippen LogP) is 0.459. The van der Waals surface area contributed by atoms with Gasteiger partial charge >= 0.3 is 0 Å². The van der Waals surface area contributed by atoms with Crippen LogP contribution in [0.1, 0.15) is 11.3 Å². The van der Waals surface area contributed by atoms with E-state index in [9.17, 15) is 4.79 Å². The maximum atomic E-state index is 12.0. The summed E-state index contributed by atoms with van der Waals surface area (Å²) in [4.78, 5) is 12.2. The van der Waals surface area contributed by atoms with E-state index < -0.39 is 0 Å². The highest BCUT2D eigenvalue weighted by molar-refractivity contribution is 7.80. The molecule has 0 saturated heterocycles. The molecule has 2 aromatic rings. The van der Waals surface area contributed by atoms with E-state index in [-0.39, 0.29) is 10.5 Å². The molecule has 2 heterocycles. The first-order chi connectivity index (χ1) is 8.59. The SMILES string of the molecule is Cn1nccc1CCn1cccc(C(N)=S)c1=O. The quantitative estimate of drug-likeness (QED) is 0.813. The average molecular weight is 262 g/mol. The largest absolute Gasteiger partial charge is 0.389 e. The second kappa shape index (κ2) is 5.14. The van der Waals surface area contributed by atoms with Crippen LogP contribution in [0.5, 0.6) is 0 Å². The fraction of sp³-hybridized carbons (Fsp3) is 0.250. The molecule has 2 N–H and O–H groups in total. The molecule has 0 amide bonds. The molecule has 2 aromatic heterocycles. The number of aromatic nitrogens is 3. The monoisotopic (exact) mass is 262 g/mol. The van der Waals surface area contributed by atoms with Gasteiger partial charge in [0.25, 0.3) is 5.56 Å². The molecule has 0 saturated carbocycles. The first-order valence-corrected chi connectivity index (χ1v) is 5.96. The Morgan fingerprint density at radius 2 is 2.28 bits per heavy atom. The molecule has 0 atom stereocenters. The van der Waals surface area contributed by atoms with Crippen LogP contribution in [-0.2, 0) is 20.0 Å². The third-order valence-corrected chi connectivity index (χ3v) is 3.04. The summed E-state index contributed by atoms with van der Waals surface area (Å²) in [6.07, 6.45) is 4.21. The minimum atomic E-state index is -0.146. The van der Waals surface area contributed by atoms with Crippen LogP contribution in [0.3, 0.4) is 0 Å². The van der Waals surface area contributed by atoms with Gasteiger partial charge in [-0.3, -0.25) is 9.48 Å². The normalized spacial score (nSPS) is 10.5. The molecule has 0 unspecified atom stereocenters. The third kappa shape index (κ3) is 2.48. The average Bonchev–Trinajstić information content (AvgIpc) is 2.73. The van der Waals surface area contributed by atoms with Crippen molar-refractivity contribution >= 4 is 17.2 Å². The fourth-order valence-electron chi connectivity index (χ4n) is 1.78. The number of pyridine rings is 1. The minimum Gasteiger partial charge on any atom is -0.389 e. The van der Waals surface area contributed by atoms with Gasteiger partial charge < -0.3 is 10.3 Å². The summed E-state index contributed by atoms with van der Waals surface area (Å²) in [6.45, 7) is 0.578. The van der Waals surface area contributed by atoms with Crippen LogP contribution in [0.25, 0.3) is 0 Å². The highest BCUT2D eigenvalue weighted by Gasteiger charge is 2.06. The van der Waals surface area contributed by atoms with Crippen LogP contribution < -0.4 is 11.3 Å². The van der Waals surface area contributed by atoms with E-state index >= 15 is 0 Å². The van der Waals surface area contributed by atoms with Crippen molar-refractivity contribution in [3.8, 4) is 0 Å². The van der Waals surface area contributed by atoms with Gasteiger partial charge in [-0.05, 0) is 18.2 Å². The lowest BCUT2D eigenvalue weighted by atomic mass is 10.2. The lowest BCUT2D eigenvalue weighted by Gasteiger charge is -2.07. The van der Waals surface area contributed by atoms with Crippen molar-refractivity contribution in [2.24, 2.45) is 12.8 Å². The van der Waals surface area contributed by atoms with Crippen molar-refractivity contribution in [1.29, 1.82) is 0 Å². The number of rotatable bonds is 4. The Balaban J connectivity index is 2.20. The van der Waals surface area contributed by atoms with Crippen LogP contribution in [0.2, 0.25) is 0 Å². The predicted molar refractivity (Wildman–Crippen MR) is 73.5 cm³/mol. The Morgan fingerprint density at radius 1 is 1.50 bits per heavy atom. The highest BCUT2D eigenvalue weighted by Crippen LogP contribution is 2.00. The topological polar surface area (TPSA) is 65.8 Å². The van der Waals surface area contributed by atoms with E-state index in [1.807, 2.05) is 13.1 Å². The number of aryl methyl sites for hydroxylation is 3. The molecule has 0 aliphatic carbocycles. The molecule has 2 rings (SSSR count). The zero-order valence-corrected chi connectivity index (χ0v) is 10.9. The molecule has 5 nitrogen and oxygen atoms in total. The molecule has 0 spiro atoms. The summed E-state index contributed by atoms with van der Waals surface area (Å²) in [5, 5.41) is 4.09. The standard InChI is InChI=1S/C12H14N4OS/c1-15-9(4-6-14-15)5-8-16-7-2-3-10(11(13)18)12(16)17/h2-4,6-7H,5,8H2,1H3,(H2,13,18). The summed E-state index contributed by atoms with van der Waals surface area (Å²) >= 11 is 4.84. The Kier molecular flexibility index (Phi) is 3.57. The van der Waals surface area contributed by atoms with E-state index in [4.69, 9.17) is 18.0 Å². The molecule has 6 heteroatoms. The van der Waals surface area contributed by atoms with E-state index in [0.717, 1.165) is 12.1 Å². The minimum absolute atomic E-state index is 0.134. The number of thiocarbonyl (C=S) groups is 1. The molecule has 18 heavy (non-hydrogen) atoms. The molecule has 0 fully saturated rings. The first-order valence-electron chi connectivity index (χ1n) is 5.55. The van der Waals surface area contributed by atoms with Crippen molar-refractivity contribution in [3.05, 3.63) is 52.2 Å². The van der Waals surface area contributed by atoms with Gasteiger partial charge in [-0.25, -0.2) is 0 Å². The van der Waals surface area contributed by atoms with E-state index in [2.05, 4.69) is 5.10 Å². The van der Waals surface area contributed by atoms with Crippen molar-refractivity contribution in [2.45, 2.75) is 13.0 Å². The van der Waals surface area contributed by atoms with E-state index in [1.165, 1.54) is 0 Å². The van der Waals surface area contributed by atoms with Crippen LogP contribution in [0.15, 0.2) is 35.4 Å². The summed E-state index contributed by atoms with van der Waals surface area (Å²) in [5.74, 6) is 0. The van der Waals surface area contributed by atoms with Gasteiger partial charge in [-0.15, -0.1) is 0 Å². The molecular formula is C12H14N4OS. The molecule has 94 valence electrons. The zero-order valence-electron chi connectivity index (χ0n) is 10.0. The summed E-state index contributed by atoms with van der Waals surface area (Å²) in [7, 11) is 1.88. The van der Waals surface area contributed by atoms with Gasteiger partial charge in [0.15, 0.2) is 0 Å². The van der Waals surface area contributed by atoms with Crippen molar-refractivity contribution in [1.82, 2.24) is 14.3 Å². The molecule has 0 aliphatic rings. The summed E-state index contributed by atoms with van der Waals surface area (Å²) in [6, 6.07) is 5.35. The lowest BCUT2D eigenvalue weighted by Crippen LogP contribution is -2.29. The molecule has 0 radical (unpaired) electrons. The van der Waals surface area contributed by atoms with Gasteiger partial charge in [0.1, 0.15) is 4.99 Å². The fourth-order valence-corrected chi connectivity index (χ4v) is 1.94. The maximum absolute atomic E-state index is 12.0. The zero-order chi connectivity index (χ0) is 13.1. The smallest absolute Gasteiger partial charge is 0.260 e. The third-order valence-electron chi connectivity index (χ3n) is 2.82. The number of nitrogens with two attached hydrogens (primary N) is 1. The molecule has 0 aliphatic heterocycles. The van der Waals surface area contributed by atoms with Crippen molar-refractivity contribution < 1.29 is 0 Å². The summed E-state index contributed by atoms with van der Waals surface area (Å²) in [5.41, 5.74) is 6.81. The second-order valence-corrected chi connectivity index (χ2v) is 4.42. The van der Waals surface area contributed by atoms with Gasteiger partial charge in [-0.1, -0.05) is 12.2 Å². The van der Waals surface area contributed by atoms with Gasteiger partial charge in [0.2, 0.25) is 0 Å². The first kappa shape index (κ1) is 12.5. The number of nitrogens with zero attached hydrogens (tertiary/aromatic N) is 3. The highest BCUT2D eigenvalue weighted by atomic mass is 32.1. The second-order valence-electron chi connectivity index (χ2n) is 3.98. The Labute approximate surface area is 110 Å². The van der Waals surface area contributed by atoms with Crippen LogP contribution >= 0.6 is 12.2 Å². The van der Waals surface area contributed by atoms with E-state index in [1.54, 1.807) is 33.8 Å². The Morgan fingerprint density at radius 3 is 2.89 bits per heavy atom. The van der Waals surface area contributed by atoms with Gasteiger partial charge in [-0.2, -0.15) is 5.10 Å². The number of hydrogen-bond acceptors (Lipinski definition) is 3. The van der Waals surface area contributed by atoms with Crippen LogP contribution in [0.4, 0.5) is 0 Å². The van der Waals surface area contributed by atoms with Crippen molar-refractivity contribution in [3.63, 3.8) is 0 Å². The number of hydrogen-bond donors (Lipinski definition) is 1. The van der Waals surface area contributed by atoms with E-state index in [0.29, 0.717) is 12.1 Å².